The molecular formula is C45H78O11S. The molecule has 0 aromatic rings. The zero-order chi connectivity index (χ0) is 42.0. The van der Waals surface area contributed by atoms with Gasteiger partial charge in [-0.15, -0.1) is 0 Å². The van der Waals surface area contributed by atoms with Gasteiger partial charge < -0.3 is 23.7 Å². The molecular weight excluding hydrogens is 749 g/mol. The number of carbonyl (C=O) groups excluding carboxylic acids is 3. The lowest BCUT2D eigenvalue weighted by atomic mass is 9.90. The molecule has 16 atom stereocenters. The van der Waals surface area contributed by atoms with Crippen LogP contribution in [-0.4, -0.2) is 87.3 Å². The molecule has 16 unspecified atom stereocenters. The van der Waals surface area contributed by atoms with Crippen LogP contribution in [0.25, 0.3) is 0 Å². The third-order valence-corrected chi connectivity index (χ3v) is 15.4. The minimum Gasteiger partial charge on any atom is -0.462 e. The highest BCUT2D eigenvalue weighted by atomic mass is 32.2. The van der Waals surface area contributed by atoms with Crippen molar-refractivity contribution in [3.8, 4) is 0 Å². The first-order valence-corrected chi connectivity index (χ1v) is 24.9. The fourth-order valence-electron chi connectivity index (χ4n) is 11.3. The van der Waals surface area contributed by atoms with Crippen molar-refractivity contribution >= 4 is 27.8 Å². The monoisotopic (exact) mass is 827 g/mol. The second-order valence-corrected chi connectivity index (χ2v) is 18.3. The molecule has 12 heteroatoms. The zero-order valence-electron chi connectivity index (χ0n) is 37.0. The molecule has 13 rings (SSSR count). The predicted octanol–water partition coefficient (Wildman–Crippen LogP) is 8.63. The van der Waals surface area contributed by atoms with Crippen molar-refractivity contribution in [1.29, 1.82) is 0 Å². The molecule has 0 aromatic carbocycles. The van der Waals surface area contributed by atoms with Crippen molar-refractivity contribution in [3.63, 3.8) is 0 Å². The van der Waals surface area contributed by atoms with Gasteiger partial charge >= 0.3 is 11.9 Å². The molecule has 0 N–H and O–H groups in total. The second kappa shape index (κ2) is 22.3. The van der Waals surface area contributed by atoms with Crippen LogP contribution in [0.3, 0.4) is 0 Å². The Labute approximate surface area is 345 Å². The molecule has 0 spiro atoms. The van der Waals surface area contributed by atoms with Gasteiger partial charge in [0.05, 0.1) is 42.0 Å². The van der Waals surface area contributed by atoms with Gasteiger partial charge in [0.2, 0.25) is 0 Å². The normalized spacial score (nSPS) is 43.6. The van der Waals surface area contributed by atoms with Crippen molar-refractivity contribution in [2.45, 2.75) is 207 Å². The fraction of sp³-hybridized carbons (Fsp3) is 0.933. The molecule has 7 saturated heterocycles. The maximum absolute atomic E-state index is 11.3. The van der Waals surface area contributed by atoms with E-state index in [2.05, 4.69) is 0 Å². The third kappa shape index (κ3) is 10.7. The van der Waals surface area contributed by atoms with Crippen molar-refractivity contribution in [2.24, 2.45) is 47.3 Å². The first-order valence-electron chi connectivity index (χ1n) is 23.4. The van der Waals surface area contributed by atoms with Crippen molar-refractivity contribution in [3.05, 3.63) is 0 Å². The van der Waals surface area contributed by atoms with Crippen molar-refractivity contribution < 1.29 is 50.7 Å². The van der Waals surface area contributed by atoms with E-state index < -0.39 is 10.1 Å². The van der Waals surface area contributed by atoms with E-state index in [1.165, 1.54) is 25.7 Å². The van der Waals surface area contributed by atoms with E-state index in [0.717, 1.165) is 89.3 Å². The number of ketones is 1. The fourth-order valence-corrected chi connectivity index (χ4v) is 13.3. The number of rotatable bonds is 0. The van der Waals surface area contributed by atoms with Crippen LogP contribution in [0.5, 0.6) is 0 Å². The maximum Gasteiger partial charge on any atom is 0.312 e. The average molecular weight is 827 g/mol. The van der Waals surface area contributed by atoms with Gasteiger partial charge in [-0.25, -0.2) is 0 Å². The summed E-state index contributed by atoms with van der Waals surface area (Å²) in [4.78, 5) is 32.9. The SMILES string of the molecule is C1CC2COC(C1)C2.CC.CC.CC.CC.CC.O=C1C2CC3COC1C3C2.O=C1OC2CC3CC1C2O3.O=C1OC2CCC1C2.O=S1(=O)OC2CC3CC2C1C3. The summed E-state index contributed by atoms with van der Waals surface area (Å²) in [6, 6.07) is 0. The van der Waals surface area contributed by atoms with Crippen LogP contribution >= 0.6 is 0 Å². The van der Waals surface area contributed by atoms with Crippen LogP contribution < -0.4 is 0 Å². The van der Waals surface area contributed by atoms with Crippen LogP contribution in [-0.2, 0) is 52.4 Å². The summed E-state index contributed by atoms with van der Waals surface area (Å²) < 4.78 is 53.9. The Morgan fingerprint density at radius 1 is 0.544 bits per heavy atom. The molecule has 0 aromatic heterocycles. The Morgan fingerprint density at radius 3 is 1.75 bits per heavy atom. The average Bonchev–Trinajstić information content (AvgIpc) is 4.10. The van der Waals surface area contributed by atoms with E-state index >= 15 is 0 Å². The molecule has 7 aliphatic heterocycles. The summed E-state index contributed by atoms with van der Waals surface area (Å²) in [7, 11) is -3.13. The van der Waals surface area contributed by atoms with E-state index in [1.54, 1.807) is 0 Å². The van der Waals surface area contributed by atoms with Gasteiger partial charge in [0.1, 0.15) is 24.4 Å². The minimum absolute atomic E-state index is 0.0312. The molecule has 57 heavy (non-hydrogen) atoms. The first-order chi connectivity index (χ1) is 27.7. The van der Waals surface area contributed by atoms with Crippen LogP contribution in [0.4, 0.5) is 0 Å². The lowest BCUT2D eigenvalue weighted by Gasteiger charge is -2.14. The number of fused-ring (bicyclic) bond motifs is 7. The Bertz CT molecular complexity index is 1370. The standard InChI is InChI=1S/C8H10O2.C7H10O3S.C7H8O3.C7H12O.C6H8O2.5C2H6/c9-7-4-1-5-3-10-8(7)6(5)2-4;8-11(9)7-3-4-1-5(7)6(2-4)10-11;8-7-4-1-3-2-5(10-7)6(4)9-3;1-2-6-4-7(3-1)8-5-6;7-6-4-1-2-5(3-4)8-6;5*1-2/h4-6,8H,1-3H2;4-7H,1-3H2;3-6H,1-2H2;6-7H,1-5H2;4-5H,1-3H2;5*1-2H3. The summed E-state index contributed by atoms with van der Waals surface area (Å²) in [5, 5.41) is -0.133. The highest BCUT2D eigenvalue weighted by molar-refractivity contribution is 7.87. The van der Waals surface area contributed by atoms with Crippen LogP contribution in [0.15, 0.2) is 0 Å². The molecule has 13 fully saturated rings. The number of esters is 2. The summed E-state index contributed by atoms with van der Waals surface area (Å²) in [5.41, 5.74) is 0. The molecule has 11 nitrogen and oxygen atoms in total. The minimum atomic E-state index is -3.13. The largest absolute Gasteiger partial charge is 0.462 e. The maximum atomic E-state index is 11.3. The number of ether oxygens (including phenoxy) is 5. The molecule has 6 aliphatic carbocycles. The molecule has 6 saturated carbocycles. The van der Waals surface area contributed by atoms with Crippen LogP contribution in [0.2, 0.25) is 0 Å². The molecule has 330 valence electrons. The zero-order valence-corrected chi connectivity index (χ0v) is 37.8. The van der Waals surface area contributed by atoms with Crippen LogP contribution in [0.1, 0.15) is 159 Å². The van der Waals surface area contributed by atoms with Gasteiger partial charge in [-0.2, -0.15) is 8.42 Å². The van der Waals surface area contributed by atoms with Crippen molar-refractivity contribution in [1.82, 2.24) is 0 Å². The number of Topliss-reactive ketones (excluding diaryl/α,β-unsaturated/α-hetero) is 1. The molecule has 13 aliphatic rings. The van der Waals surface area contributed by atoms with E-state index in [-0.39, 0.29) is 53.4 Å². The lowest BCUT2D eigenvalue weighted by Crippen LogP contribution is -2.26. The number of carbonyl (C=O) groups is 3. The van der Waals surface area contributed by atoms with Gasteiger partial charge in [-0.3, -0.25) is 18.6 Å². The van der Waals surface area contributed by atoms with Gasteiger partial charge in [0, 0.05) is 24.9 Å². The lowest BCUT2D eigenvalue weighted by molar-refractivity contribution is -0.147. The van der Waals surface area contributed by atoms with Gasteiger partial charge in [0.25, 0.3) is 10.1 Å². The molecule has 0 radical (unpaired) electrons. The quantitative estimate of drug-likeness (QED) is 0.171. The smallest absolute Gasteiger partial charge is 0.312 e. The predicted molar refractivity (Wildman–Crippen MR) is 220 cm³/mol. The van der Waals surface area contributed by atoms with Gasteiger partial charge in [-0.05, 0) is 101 Å². The summed E-state index contributed by atoms with van der Waals surface area (Å²) in [5.74, 6) is 4.47. The van der Waals surface area contributed by atoms with Crippen molar-refractivity contribution in [2.75, 3.05) is 13.2 Å². The Morgan fingerprint density at radius 2 is 1.28 bits per heavy atom. The Balaban J connectivity index is 0.000000150. The first kappa shape index (κ1) is 48.1. The molecule has 7 heterocycles. The Kier molecular flexibility index (Phi) is 18.8. The van der Waals surface area contributed by atoms with E-state index in [4.69, 9.17) is 27.9 Å². The molecule has 0 amide bonds. The van der Waals surface area contributed by atoms with E-state index in [9.17, 15) is 22.8 Å². The summed E-state index contributed by atoms with van der Waals surface area (Å²) >= 11 is 0. The summed E-state index contributed by atoms with van der Waals surface area (Å²) in [6.45, 7) is 21.9. The Hall–Kier alpha value is -1.60. The van der Waals surface area contributed by atoms with Gasteiger partial charge in [0.15, 0.2) is 5.78 Å². The van der Waals surface area contributed by atoms with E-state index in [1.807, 2.05) is 69.2 Å². The summed E-state index contributed by atoms with van der Waals surface area (Å²) in [6.07, 6.45) is 17.4. The highest BCUT2D eigenvalue weighted by Crippen LogP contribution is 2.54. The molecule has 10 bridgehead atoms. The number of hydrogen-bond donors (Lipinski definition) is 0. The van der Waals surface area contributed by atoms with Crippen LogP contribution in [0, 0.1) is 47.3 Å². The third-order valence-electron chi connectivity index (χ3n) is 13.6. The highest BCUT2D eigenvalue weighted by Gasteiger charge is 2.60. The van der Waals surface area contributed by atoms with Gasteiger partial charge in [-0.1, -0.05) is 75.7 Å². The topological polar surface area (TPSA) is 141 Å². The van der Waals surface area contributed by atoms with E-state index in [0.29, 0.717) is 47.8 Å². The second-order valence-electron chi connectivity index (χ2n) is 16.5. The number of hydrogen-bond acceptors (Lipinski definition) is 11.